The van der Waals surface area contributed by atoms with Crippen LogP contribution in [0.3, 0.4) is 0 Å². The molecule has 8 nitrogen and oxygen atoms in total. The van der Waals surface area contributed by atoms with Crippen molar-refractivity contribution >= 4 is 46.0 Å². The highest BCUT2D eigenvalue weighted by Gasteiger charge is 2.35. The highest BCUT2D eigenvalue weighted by Crippen LogP contribution is 2.37. The second kappa shape index (κ2) is 9.16. The van der Waals surface area contributed by atoms with E-state index in [-0.39, 0.29) is 23.8 Å². The number of benzene rings is 1. The molecule has 0 bridgehead atoms. The van der Waals surface area contributed by atoms with Gasteiger partial charge < -0.3 is 0 Å². The second-order valence-electron chi connectivity index (χ2n) is 6.27. The van der Waals surface area contributed by atoms with Crippen molar-refractivity contribution in [2.24, 2.45) is 0 Å². The van der Waals surface area contributed by atoms with Crippen molar-refractivity contribution in [2.45, 2.75) is 48.7 Å². The Morgan fingerprint density at radius 3 is 2.57 bits per heavy atom. The zero-order valence-corrected chi connectivity index (χ0v) is 17.2. The fourth-order valence-electron chi connectivity index (χ4n) is 2.40. The number of hydrogen-bond donors (Lipinski definition) is 2. The Morgan fingerprint density at radius 2 is 1.93 bits per heavy atom. The maximum atomic E-state index is 12.2. The van der Waals surface area contributed by atoms with Crippen LogP contribution in [0, 0.1) is 0 Å². The summed E-state index contributed by atoms with van der Waals surface area (Å²) in [6, 6.07) is 8.83. The summed E-state index contributed by atoms with van der Waals surface area (Å²) in [6.45, 7) is 3.54. The van der Waals surface area contributed by atoms with Crippen molar-refractivity contribution in [2.75, 3.05) is 4.90 Å². The van der Waals surface area contributed by atoms with E-state index < -0.39 is 5.25 Å². The van der Waals surface area contributed by atoms with Gasteiger partial charge >= 0.3 is 0 Å². The number of thioether (sulfide) groups is 1. The lowest BCUT2D eigenvalue weighted by atomic mass is 10.2. The first-order valence-electron chi connectivity index (χ1n) is 8.97. The van der Waals surface area contributed by atoms with Crippen LogP contribution in [0.1, 0.15) is 43.5 Å². The van der Waals surface area contributed by atoms with Gasteiger partial charge in [-0.1, -0.05) is 48.2 Å². The van der Waals surface area contributed by atoms with Crippen molar-refractivity contribution in [1.82, 2.24) is 21.0 Å². The number of nitrogens with one attached hydrogen (secondary N) is 2. The lowest BCUT2D eigenvalue weighted by Gasteiger charge is -2.17. The van der Waals surface area contributed by atoms with Gasteiger partial charge in [0.15, 0.2) is 4.34 Å². The SMILES string of the molecule is CCC(=O)N(c1nnc(S[C@H](C)C(=O)NNC(=O)c2ccccc2)s1)C1CC1. The molecule has 1 aliphatic carbocycles. The average Bonchev–Trinajstić information content (AvgIpc) is 3.45. The molecule has 2 aromatic rings. The van der Waals surface area contributed by atoms with Crippen molar-refractivity contribution in [3.63, 3.8) is 0 Å². The normalized spacial score (nSPS) is 14.2. The van der Waals surface area contributed by atoms with E-state index >= 15 is 0 Å². The van der Waals surface area contributed by atoms with E-state index in [1.54, 1.807) is 36.1 Å². The van der Waals surface area contributed by atoms with Crippen LogP contribution in [0.4, 0.5) is 5.13 Å². The standard InChI is InChI=1S/C18H21N5O3S2/c1-3-14(24)23(13-9-10-13)17-21-22-18(28-17)27-11(2)15(25)19-20-16(26)12-7-5-4-6-8-12/h4-8,11,13H,3,9-10H2,1-2H3,(H,19,25)(H,20,26)/t11-/m1/s1. The lowest BCUT2D eigenvalue weighted by molar-refractivity contribution is -0.121. The number of hydrogen-bond acceptors (Lipinski definition) is 7. The van der Waals surface area contributed by atoms with Gasteiger partial charge in [0.1, 0.15) is 0 Å². The van der Waals surface area contributed by atoms with Crippen molar-refractivity contribution in [3.8, 4) is 0 Å². The molecule has 1 aromatic carbocycles. The van der Waals surface area contributed by atoms with Crippen LogP contribution in [-0.4, -0.2) is 39.2 Å². The zero-order chi connectivity index (χ0) is 20.1. The molecule has 1 aromatic heterocycles. The molecule has 1 heterocycles. The predicted molar refractivity (Wildman–Crippen MR) is 108 cm³/mol. The Bertz CT molecular complexity index is 854. The van der Waals surface area contributed by atoms with E-state index in [4.69, 9.17) is 0 Å². The summed E-state index contributed by atoms with van der Waals surface area (Å²) in [4.78, 5) is 38.1. The van der Waals surface area contributed by atoms with Crippen molar-refractivity contribution in [3.05, 3.63) is 35.9 Å². The molecule has 1 saturated carbocycles. The van der Waals surface area contributed by atoms with Gasteiger partial charge in [-0.3, -0.25) is 30.1 Å². The monoisotopic (exact) mass is 419 g/mol. The summed E-state index contributed by atoms with van der Waals surface area (Å²) in [5, 5.41) is 8.30. The fourth-order valence-corrected chi connectivity index (χ4v) is 4.48. The van der Waals surface area contributed by atoms with Gasteiger partial charge in [-0.25, -0.2) is 0 Å². The molecule has 2 N–H and O–H groups in total. The highest BCUT2D eigenvalue weighted by atomic mass is 32.2. The second-order valence-corrected chi connectivity index (χ2v) is 8.81. The van der Waals surface area contributed by atoms with Gasteiger partial charge in [0, 0.05) is 18.0 Å². The molecule has 1 atom stereocenters. The van der Waals surface area contributed by atoms with Crippen LogP contribution in [-0.2, 0) is 9.59 Å². The quantitative estimate of drug-likeness (QED) is 0.406. The molecule has 0 radical (unpaired) electrons. The van der Waals surface area contributed by atoms with E-state index in [9.17, 15) is 14.4 Å². The average molecular weight is 420 g/mol. The first-order valence-corrected chi connectivity index (χ1v) is 10.7. The topological polar surface area (TPSA) is 104 Å². The fraction of sp³-hybridized carbons (Fsp3) is 0.389. The number of aromatic nitrogens is 2. The minimum atomic E-state index is -0.492. The van der Waals surface area contributed by atoms with Crippen LogP contribution >= 0.6 is 23.1 Å². The predicted octanol–water partition coefficient (Wildman–Crippen LogP) is 2.39. The smallest absolute Gasteiger partial charge is 0.269 e. The van der Waals surface area contributed by atoms with Gasteiger partial charge in [0.25, 0.3) is 11.8 Å². The highest BCUT2D eigenvalue weighted by molar-refractivity contribution is 8.02. The number of carbonyl (C=O) groups excluding carboxylic acids is 3. The minimum Gasteiger partial charge on any atom is -0.284 e. The van der Waals surface area contributed by atoms with Crippen LogP contribution in [0.5, 0.6) is 0 Å². The molecule has 1 fully saturated rings. The minimum absolute atomic E-state index is 0.0321. The van der Waals surface area contributed by atoms with Gasteiger partial charge in [-0.2, -0.15) is 0 Å². The van der Waals surface area contributed by atoms with Crippen molar-refractivity contribution < 1.29 is 14.4 Å². The van der Waals surface area contributed by atoms with E-state index in [1.807, 2.05) is 13.0 Å². The van der Waals surface area contributed by atoms with Crippen LogP contribution in [0.25, 0.3) is 0 Å². The molecule has 0 spiro atoms. The van der Waals surface area contributed by atoms with Crippen LogP contribution in [0.15, 0.2) is 34.7 Å². The Morgan fingerprint density at radius 1 is 1.21 bits per heavy atom. The van der Waals surface area contributed by atoms with E-state index in [2.05, 4.69) is 21.0 Å². The van der Waals surface area contributed by atoms with Gasteiger partial charge in [-0.15, -0.1) is 10.2 Å². The summed E-state index contributed by atoms with van der Waals surface area (Å²) >= 11 is 2.53. The van der Waals surface area contributed by atoms with Gasteiger partial charge in [0.2, 0.25) is 11.0 Å². The van der Waals surface area contributed by atoms with Gasteiger partial charge in [0.05, 0.1) is 5.25 Å². The molecule has 0 saturated heterocycles. The van der Waals surface area contributed by atoms with E-state index in [1.165, 1.54) is 23.1 Å². The van der Waals surface area contributed by atoms with Crippen LogP contribution < -0.4 is 15.8 Å². The molecule has 0 unspecified atom stereocenters. The largest absolute Gasteiger partial charge is 0.284 e. The Hall–Kier alpha value is -2.46. The summed E-state index contributed by atoms with van der Waals surface area (Å²) < 4.78 is 0.599. The number of hydrazine groups is 1. The molecule has 28 heavy (non-hydrogen) atoms. The number of rotatable bonds is 7. The third-order valence-electron chi connectivity index (χ3n) is 4.07. The number of nitrogens with zero attached hydrogens (tertiary/aromatic N) is 3. The number of anilines is 1. The molecule has 3 rings (SSSR count). The maximum Gasteiger partial charge on any atom is 0.269 e. The molecule has 10 heteroatoms. The summed E-state index contributed by atoms with van der Waals surface area (Å²) in [6.07, 6.45) is 2.37. The van der Waals surface area contributed by atoms with Gasteiger partial charge in [-0.05, 0) is 31.9 Å². The summed E-state index contributed by atoms with van der Waals surface area (Å²) in [7, 11) is 0. The molecule has 0 aliphatic heterocycles. The maximum absolute atomic E-state index is 12.2. The Balaban J connectivity index is 1.53. The first kappa shape index (κ1) is 20.3. The molecular weight excluding hydrogens is 398 g/mol. The summed E-state index contributed by atoms with van der Waals surface area (Å²) in [5.41, 5.74) is 5.27. The Kier molecular flexibility index (Phi) is 6.63. The third-order valence-corrected chi connectivity index (χ3v) is 6.17. The number of carbonyl (C=O) groups is 3. The zero-order valence-electron chi connectivity index (χ0n) is 15.5. The molecule has 3 amide bonds. The van der Waals surface area contributed by atoms with Crippen molar-refractivity contribution in [1.29, 1.82) is 0 Å². The first-order chi connectivity index (χ1) is 13.5. The molecule has 148 valence electrons. The Labute approximate surface area is 171 Å². The molecular formula is C18H21N5O3S2. The third kappa shape index (κ3) is 5.08. The van der Waals surface area contributed by atoms with Crippen LogP contribution in [0.2, 0.25) is 0 Å². The van der Waals surface area contributed by atoms with E-state index in [0.29, 0.717) is 21.5 Å². The van der Waals surface area contributed by atoms with E-state index in [0.717, 1.165) is 12.8 Å². The number of amides is 3. The lowest BCUT2D eigenvalue weighted by Crippen LogP contribution is -2.44. The summed E-state index contributed by atoms with van der Waals surface area (Å²) in [5.74, 6) is -0.707. The molecule has 1 aliphatic rings.